The highest BCUT2D eigenvalue weighted by molar-refractivity contribution is 5.37. The normalized spacial score (nSPS) is 20.2. The molecule has 0 bridgehead atoms. The molecule has 1 aliphatic carbocycles. The van der Waals surface area contributed by atoms with Crippen LogP contribution < -0.4 is 5.73 Å². The maximum atomic E-state index is 14.4. The zero-order valence-electron chi connectivity index (χ0n) is 9.63. The summed E-state index contributed by atoms with van der Waals surface area (Å²) in [5, 5.41) is 9.56. The number of phenolic OH excluding ortho intramolecular Hbond substituents is 1. The van der Waals surface area contributed by atoms with Crippen molar-refractivity contribution in [2.75, 3.05) is 0 Å². The molecule has 2 rings (SSSR count). The average molecular weight is 241 g/mol. The number of phenols is 1. The Bertz CT molecular complexity index is 400. The number of para-hydroxylation sites is 1. The van der Waals surface area contributed by atoms with Gasteiger partial charge in [0.05, 0.1) is 11.1 Å². The highest BCUT2D eigenvalue weighted by Gasteiger charge is 2.53. The van der Waals surface area contributed by atoms with Gasteiger partial charge in [-0.3, -0.25) is 0 Å². The predicted molar refractivity (Wildman–Crippen MR) is 62.0 cm³/mol. The van der Waals surface area contributed by atoms with E-state index in [1.165, 1.54) is 24.3 Å². The minimum Gasteiger partial charge on any atom is -0.507 e. The lowest BCUT2D eigenvalue weighted by molar-refractivity contribution is -0.0967. The molecule has 0 amide bonds. The predicted octanol–water partition coefficient (Wildman–Crippen LogP) is 3.15. The SMILES string of the molecule is NC1(C(F)(F)c2ccccc2O)CCCCC1. The summed E-state index contributed by atoms with van der Waals surface area (Å²) in [5.41, 5.74) is 4.00. The van der Waals surface area contributed by atoms with Crippen molar-refractivity contribution in [2.45, 2.75) is 43.6 Å². The monoisotopic (exact) mass is 241 g/mol. The molecule has 2 nitrogen and oxygen atoms in total. The van der Waals surface area contributed by atoms with E-state index in [9.17, 15) is 13.9 Å². The van der Waals surface area contributed by atoms with Crippen molar-refractivity contribution in [3.05, 3.63) is 29.8 Å². The van der Waals surface area contributed by atoms with Gasteiger partial charge in [0.15, 0.2) is 0 Å². The third kappa shape index (κ3) is 2.02. The van der Waals surface area contributed by atoms with Gasteiger partial charge in [0.1, 0.15) is 5.75 Å². The molecule has 4 heteroatoms. The molecule has 0 radical (unpaired) electrons. The number of rotatable bonds is 2. The molecule has 0 unspecified atom stereocenters. The van der Waals surface area contributed by atoms with Crippen LogP contribution in [-0.4, -0.2) is 10.6 Å². The van der Waals surface area contributed by atoms with Crippen LogP contribution in [0.1, 0.15) is 37.7 Å². The maximum Gasteiger partial charge on any atom is 0.294 e. The largest absolute Gasteiger partial charge is 0.507 e. The summed E-state index contributed by atoms with van der Waals surface area (Å²) in [6, 6.07) is 5.54. The fraction of sp³-hybridized carbons (Fsp3) is 0.538. The Balaban J connectivity index is 2.38. The molecule has 1 aromatic rings. The fourth-order valence-corrected chi connectivity index (χ4v) is 2.50. The minimum atomic E-state index is -3.18. The molecule has 17 heavy (non-hydrogen) atoms. The van der Waals surface area contributed by atoms with Gasteiger partial charge in [0.25, 0.3) is 5.92 Å². The van der Waals surface area contributed by atoms with Gasteiger partial charge in [-0.05, 0) is 25.0 Å². The summed E-state index contributed by atoms with van der Waals surface area (Å²) in [6.45, 7) is 0. The van der Waals surface area contributed by atoms with Crippen molar-refractivity contribution in [1.82, 2.24) is 0 Å². The van der Waals surface area contributed by atoms with E-state index in [1.54, 1.807) is 0 Å². The van der Waals surface area contributed by atoms with Gasteiger partial charge in [0.2, 0.25) is 0 Å². The molecule has 0 aliphatic heterocycles. The van der Waals surface area contributed by atoms with Crippen molar-refractivity contribution in [1.29, 1.82) is 0 Å². The highest BCUT2D eigenvalue weighted by atomic mass is 19.3. The van der Waals surface area contributed by atoms with Crippen LogP contribution in [0.15, 0.2) is 24.3 Å². The Kier molecular flexibility index (Phi) is 3.08. The van der Waals surface area contributed by atoms with E-state index in [0.29, 0.717) is 12.8 Å². The van der Waals surface area contributed by atoms with Crippen LogP contribution in [0.25, 0.3) is 0 Å². The van der Waals surface area contributed by atoms with Gasteiger partial charge in [-0.25, -0.2) is 0 Å². The van der Waals surface area contributed by atoms with Gasteiger partial charge < -0.3 is 10.8 Å². The average Bonchev–Trinajstić information content (AvgIpc) is 2.30. The summed E-state index contributed by atoms with van der Waals surface area (Å²) >= 11 is 0. The van der Waals surface area contributed by atoms with Crippen molar-refractivity contribution < 1.29 is 13.9 Å². The Morgan fingerprint density at radius 3 is 2.29 bits per heavy atom. The Morgan fingerprint density at radius 1 is 1.12 bits per heavy atom. The molecule has 3 N–H and O–H groups in total. The first-order valence-corrected chi connectivity index (χ1v) is 5.92. The van der Waals surface area contributed by atoms with Crippen molar-refractivity contribution in [2.24, 2.45) is 5.73 Å². The van der Waals surface area contributed by atoms with Gasteiger partial charge in [-0.15, -0.1) is 0 Å². The zero-order valence-corrected chi connectivity index (χ0v) is 9.63. The van der Waals surface area contributed by atoms with E-state index in [-0.39, 0.29) is 11.3 Å². The Hall–Kier alpha value is -1.16. The molecule has 0 aromatic heterocycles. The van der Waals surface area contributed by atoms with Crippen LogP contribution in [0.4, 0.5) is 8.78 Å². The molecular weight excluding hydrogens is 224 g/mol. The second-order valence-electron chi connectivity index (χ2n) is 4.81. The summed E-state index contributed by atoms with van der Waals surface area (Å²) < 4.78 is 28.8. The summed E-state index contributed by atoms with van der Waals surface area (Å²) in [4.78, 5) is 0. The number of hydrogen-bond donors (Lipinski definition) is 2. The van der Waals surface area contributed by atoms with E-state index in [4.69, 9.17) is 5.73 Å². The second-order valence-corrected chi connectivity index (χ2v) is 4.81. The quantitative estimate of drug-likeness (QED) is 0.835. The lowest BCUT2D eigenvalue weighted by Gasteiger charge is -2.40. The Labute approximate surface area is 99.4 Å². The van der Waals surface area contributed by atoms with Crippen LogP contribution in [0.3, 0.4) is 0 Å². The van der Waals surface area contributed by atoms with E-state index < -0.39 is 11.5 Å². The van der Waals surface area contributed by atoms with Crippen LogP contribution in [-0.2, 0) is 5.92 Å². The lowest BCUT2D eigenvalue weighted by Crippen LogP contribution is -2.54. The van der Waals surface area contributed by atoms with Crippen molar-refractivity contribution >= 4 is 0 Å². The third-order valence-electron chi connectivity index (χ3n) is 3.61. The minimum absolute atomic E-state index is 0.300. The molecule has 1 aromatic carbocycles. The maximum absolute atomic E-state index is 14.4. The summed E-state index contributed by atoms with van der Waals surface area (Å²) in [6.07, 6.45) is 3.00. The third-order valence-corrected chi connectivity index (χ3v) is 3.61. The number of nitrogens with two attached hydrogens (primary N) is 1. The molecular formula is C13H17F2NO. The first-order valence-electron chi connectivity index (χ1n) is 5.92. The van der Waals surface area contributed by atoms with Crippen molar-refractivity contribution in [3.63, 3.8) is 0 Å². The van der Waals surface area contributed by atoms with E-state index >= 15 is 0 Å². The van der Waals surface area contributed by atoms with Crippen molar-refractivity contribution in [3.8, 4) is 5.75 Å². The molecule has 1 aliphatic rings. The summed E-state index contributed by atoms with van der Waals surface area (Å²) in [7, 11) is 0. The van der Waals surface area contributed by atoms with Gasteiger partial charge in [-0.1, -0.05) is 31.4 Å². The number of halogens is 2. The van der Waals surface area contributed by atoms with Crippen LogP contribution in [0.5, 0.6) is 5.75 Å². The topological polar surface area (TPSA) is 46.2 Å². The second kappa shape index (κ2) is 4.26. The van der Waals surface area contributed by atoms with Crippen LogP contribution in [0.2, 0.25) is 0 Å². The molecule has 1 fully saturated rings. The van der Waals surface area contributed by atoms with Crippen LogP contribution in [0, 0.1) is 0 Å². The fourth-order valence-electron chi connectivity index (χ4n) is 2.50. The van der Waals surface area contributed by atoms with E-state index in [2.05, 4.69) is 0 Å². The standard InChI is InChI=1S/C13H17F2NO/c14-13(15,10-6-2-3-7-11(10)17)12(16)8-4-1-5-9-12/h2-3,6-7,17H,1,4-5,8-9,16H2. The number of benzene rings is 1. The van der Waals surface area contributed by atoms with Gasteiger partial charge in [-0.2, -0.15) is 8.78 Å². The van der Waals surface area contributed by atoms with E-state index in [1.807, 2.05) is 0 Å². The van der Waals surface area contributed by atoms with E-state index in [0.717, 1.165) is 19.3 Å². The zero-order chi connectivity index (χ0) is 12.5. The summed E-state index contributed by atoms with van der Waals surface area (Å²) in [5.74, 6) is -3.56. The molecule has 94 valence electrons. The molecule has 0 spiro atoms. The highest BCUT2D eigenvalue weighted by Crippen LogP contribution is 2.47. The molecule has 0 atom stereocenters. The molecule has 1 saturated carbocycles. The molecule has 0 heterocycles. The van der Waals surface area contributed by atoms with Crippen LogP contribution >= 0.6 is 0 Å². The number of alkyl halides is 2. The Morgan fingerprint density at radius 2 is 1.71 bits per heavy atom. The first-order chi connectivity index (χ1) is 7.97. The van der Waals surface area contributed by atoms with Gasteiger partial charge in [0, 0.05) is 0 Å². The first kappa shape index (κ1) is 12.3. The smallest absolute Gasteiger partial charge is 0.294 e. The lowest BCUT2D eigenvalue weighted by atomic mass is 9.75. The molecule has 0 saturated heterocycles. The number of aromatic hydroxyl groups is 1. The number of hydrogen-bond acceptors (Lipinski definition) is 2. The van der Waals surface area contributed by atoms with Gasteiger partial charge >= 0.3 is 0 Å².